The van der Waals surface area contributed by atoms with Crippen LogP contribution in [0.15, 0.2) is 42.6 Å². The molecule has 1 fully saturated rings. The second-order valence-corrected chi connectivity index (χ2v) is 11.4. The number of imide groups is 1. The largest absolute Gasteiger partial charge is 0.332 e. The molecule has 2 aliphatic heterocycles. The van der Waals surface area contributed by atoms with Crippen molar-refractivity contribution in [1.29, 1.82) is 0 Å². The van der Waals surface area contributed by atoms with Crippen molar-refractivity contribution in [3.8, 4) is 0 Å². The monoisotopic (exact) mass is 527 g/mol. The smallest absolute Gasteiger partial charge is 0.325 e. The highest BCUT2D eigenvalue weighted by Crippen LogP contribution is 2.44. The van der Waals surface area contributed by atoms with Gasteiger partial charge in [0.2, 0.25) is 5.91 Å². The van der Waals surface area contributed by atoms with Crippen LogP contribution in [0.2, 0.25) is 0 Å². The number of nitrogens with one attached hydrogen (secondary N) is 1. The molecule has 1 saturated heterocycles. The lowest BCUT2D eigenvalue weighted by Gasteiger charge is -2.27. The summed E-state index contributed by atoms with van der Waals surface area (Å²) in [4.78, 5) is 57.2. The van der Waals surface area contributed by atoms with E-state index in [4.69, 9.17) is 0 Å². The summed E-state index contributed by atoms with van der Waals surface area (Å²) < 4.78 is 0. The van der Waals surface area contributed by atoms with Crippen LogP contribution in [0.4, 0.5) is 27.8 Å². The molecule has 4 heterocycles. The lowest BCUT2D eigenvalue weighted by molar-refractivity contribution is -0.123. The van der Waals surface area contributed by atoms with Crippen LogP contribution in [-0.4, -0.2) is 49.8 Å². The van der Waals surface area contributed by atoms with Gasteiger partial charge in [0.05, 0.1) is 5.69 Å². The number of aryl methyl sites for hydroxylation is 2. The van der Waals surface area contributed by atoms with Gasteiger partial charge in [-0.2, -0.15) is 0 Å². The van der Waals surface area contributed by atoms with E-state index in [-0.39, 0.29) is 23.8 Å². The van der Waals surface area contributed by atoms with Crippen LogP contribution in [0.25, 0.3) is 0 Å². The number of aromatic nitrogens is 3. The Morgan fingerprint density at radius 1 is 1.00 bits per heavy atom. The first kappa shape index (κ1) is 26.3. The molecule has 1 N–H and O–H groups in total. The van der Waals surface area contributed by atoms with Gasteiger partial charge in [-0.25, -0.2) is 24.6 Å². The van der Waals surface area contributed by atoms with Crippen molar-refractivity contribution in [3.05, 3.63) is 65.2 Å². The number of benzene rings is 1. The minimum Gasteiger partial charge on any atom is -0.325 e. The van der Waals surface area contributed by atoms with Crippen LogP contribution in [-0.2, 0) is 21.5 Å². The Morgan fingerprint density at radius 2 is 1.74 bits per heavy atom. The van der Waals surface area contributed by atoms with Crippen molar-refractivity contribution >= 4 is 40.9 Å². The Bertz CT molecular complexity index is 1490. The lowest BCUT2D eigenvalue weighted by atomic mass is 9.87. The van der Waals surface area contributed by atoms with Crippen LogP contribution in [0.5, 0.6) is 0 Å². The van der Waals surface area contributed by atoms with Crippen molar-refractivity contribution in [2.75, 3.05) is 21.7 Å². The van der Waals surface area contributed by atoms with Crippen LogP contribution in [0.3, 0.4) is 0 Å². The fourth-order valence-corrected chi connectivity index (χ4v) is 5.37. The zero-order chi connectivity index (χ0) is 28.3. The number of urea groups is 1. The zero-order valence-corrected chi connectivity index (χ0v) is 23.4. The summed E-state index contributed by atoms with van der Waals surface area (Å²) in [7, 11) is 0. The predicted octanol–water partition coefficient (Wildman–Crippen LogP) is 4.62. The van der Waals surface area contributed by atoms with E-state index in [1.165, 1.54) is 11.8 Å². The van der Waals surface area contributed by atoms with Crippen molar-refractivity contribution in [3.63, 3.8) is 0 Å². The van der Waals surface area contributed by atoms with Crippen molar-refractivity contribution in [2.45, 2.75) is 66.0 Å². The van der Waals surface area contributed by atoms with Gasteiger partial charge in [0.15, 0.2) is 0 Å². The van der Waals surface area contributed by atoms with Gasteiger partial charge in [-0.3, -0.25) is 9.59 Å². The highest BCUT2D eigenvalue weighted by Gasteiger charge is 2.52. The molecule has 0 aliphatic carbocycles. The molecule has 0 radical (unpaired) electrons. The highest BCUT2D eigenvalue weighted by atomic mass is 16.2. The van der Waals surface area contributed by atoms with E-state index < -0.39 is 11.6 Å². The number of carbonyl (C=O) groups excluding carboxylic acids is 3. The average Bonchev–Trinajstić information content (AvgIpc) is 3.20. The summed E-state index contributed by atoms with van der Waals surface area (Å²) in [5, 5.41) is 3.19. The molecular formula is C29H33N7O3. The topological polar surface area (TPSA) is 112 Å². The van der Waals surface area contributed by atoms with E-state index in [9.17, 15) is 14.4 Å². The number of rotatable bonds is 5. The molecule has 0 spiro atoms. The zero-order valence-electron chi connectivity index (χ0n) is 23.4. The van der Waals surface area contributed by atoms with Gasteiger partial charge in [0.25, 0.3) is 5.91 Å². The van der Waals surface area contributed by atoms with Gasteiger partial charge in [0.1, 0.15) is 23.0 Å². The van der Waals surface area contributed by atoms with E-state index >= 15 is 0 Å². The summed E-state index contributed by atoms with van der Waals surface area (Å²) in [6, 6.07) is 10.6. The molecule has 0 bridgehead atoms. The molecule has 0 unspecified atom stereocenters. The fraction of sp³-hybridized carbons (Fsp3) is 0.379. The Hall–Kier alpha value is -4.34. The Morgan fingerprint density at radius 3 is 2.44 bits per heavy atom. The maximum atomic E-state index is 13.7. The van der Waals surface area contributed by atoms with Gasteiger partial charge in [0, 0.05) is 49.1 Å². The van der Waals surface area contributed by atoms with E-state index in [0.29, 0.717) is 29.7 Å². The van der Waals surface area contributed by atoms with Crippen LogP contribution < -0.4 is 15.1 Å². The van der Waals surface area contributed by atoms with Gasteiger partial charge < -0.3 is 15.1 Å². The molecule has 10 nitrogen and oxygen atoms in total. The molecule has 0 saturated carbocycles. The second kappa shape index (κ2) is 9.14. The molecular weight excluding hydrogens is 494 g/mol. The summed E-state index contributed by atoms with van der Waals surface area (Å²) in [5.74, 6) is 1.46. The van der Waals surface area contributed by atoms with E-state index in [2.05, 4.69) is 34.1 Å². The second-order valence-electron chi connectivity index (χ2n) is 11.4. The predicted molar refractivity (Wildman–Crippen MR) is 149 cm³/mol. The molecule has 5 rings (SSSR count). The molecule has 39 heavy (non-hydrogen) atoms. The number of anilines is 4. The fourth-order valence-electron chi connectivity index (χ4n) is 5.37. The third kappa shape index (κ3) is 4.60. The van der Waals surface area contributed by atoms with Gasteiger partial charge in [-0.15, -0.1) is 0 Å². The number of fused-ring (bicyclic) bond motifs is 1. The van der Waals surface area contributed by atoms with Gasteiger partial charge >= 0.3 is 6.03 Å². The standard InChI is InChI=1S/C29H33N7O3/c1-17-12-25(32-18(2)31-17)33-24-13-20(10-11-30-24)15-35-27(39)36(26(38)29(35,6)7)21-8-9-22-23(14-21)34(19(3)37)16-28(22,4)5/h8-14H,15-16H2,1-7H3,(H,30,31,32,33). The van der Waals surface area contributed by atoms with Crippen LogP contribution in [0, 0.1) is 13.8 Å². The molecule has 0 atom stereocenters. The lowest BCUT2D eigenvalue weighted by Crippen LogP contribution is -2.43. The first-order valence-corrected chi connectivity index (χ1v) is 12.9. The molecule has 10 heteroatoms. The summed E-state index contributed by atoms with van der Waals surface area (Å²) in [6.07, 6.45) is 1.66. The first-order valence-electron chi connectivity index (χ1n) is 12.9. The third-order valence-electron chi connectivity index (χ3n) is 7.40. The molecule has 1 aromatic carbocycles. The number of pyridine rings is 1. The molecule has 3 aromatic rings. The number of hydrogen-bond donors (Lipinski definition) is 1. The minimum absolute atomic E-state index is 0.0746. The summed E-state index contributed by atoms with van der Waals surface area (Å²) in [6.45, 7) is 13.7. The van der Waals surface area contributed by atoms with Crippen molar-refractivity contribution < 1.29 is 14.4 Å². The van der Waals surface area contributed by atoms with Crippen LogP contribution in [0.1, 0.15) is 57.3 Å². The number of hydrogen-bond acceptors (Lipinski definition) is 7. The Balaban J connectivity index is 1.42. The molecule has 4 amide bonds. The van der Waals surface area contributed by atoms with Crippen molar-refractivity contribution in [1.82, 2.24) is 19.9 Å². The quantitative estimate of drug-likeness (QED) is 0.482. The molecule has 2 aliphatic rings. The summed E-state index contributed by atoms with van der Waals surface area (Å²) >= 11 is 0. The third-order valence-corrected chi connectivity index (χ3v) is 7.40. The summed E-state index contributed by atoms with van der Waals surface area (Å²) in [5.41, 5.74) is 2.56. The number of nitrogens with zero attached hydrogens (tertiary/aromatic N) is 6. The van der Waals surface area contributed by atoms with Gasteiger partial charge in [-0.05, 0) is 63.1 Å². The Labute approximate surface area is 228 Å². The van der Waals surface area contributed by atoms with E-state index in [1.807, 2.05) is 38.1 Å². The SMILES string of the molecule is CC(=O)N1CC(C)(C)c2ccc(N3C(=O)N(Cc4ccnc(Nc5cc(C)nc(C)n5)c4)C(C)(C)C3=O)cc21. The van der Waals surface area contributed by atoms with Crippen LogP contribution >= 0.6 is 0 Å². The van der Waals surface area contributed by atoms with Gasteiger partial charge in [-0.1, -0.05) is 19.9 Å². The van der Waals surface area contributed by atoms with Crippen molar-refractivity contribution in [2.24, 2.45) is 0 Å². The van der Waals surface area contributed by atoms with E-state index in [0.717, 1.165) is 22.5 Å². The normalized spacial score (nSPS) is 17.6. The number of carbonyl (C=O) groups is 3. The average molecular weight is 528 g/mol. The van der Waals surface area contributed by atoms with E-state index in [1.54, 1.807) is 42.0 Å². The highest BCUT2D eigenvalue weighted by molar-refractivity contribution is 6.23. The minimum atomic E-state index is -1.08. The molecule has 2 aromatic heterocycles. The Kier molecular flexibility index (Phi) is 6.16. The first-order chi connectivity index (χ1) is 18.3. The molecule has 202 valence electrons. The number of amides is 4. The maximum absolute atomic E-state index is 13.7. The maximum Gasteiger partial charge on any atom is 0.332 e.